The fourth-order valence-corrected chi connectivity index (χ4v) is 2.72. The van der Waals surface area contributed by atoms with E-state index in [0.29, 0.717) is 5.11 Å². The van der Waals surface area contributed by atoms with Crippen LogP contribution in [0.2, 0.25) is 0 Å². The van der Waals surface area contributed by atoms with Crippen molar-refractivity contribution in [2.45, 2.75) is 32.6 Å². The lowest BCUT2D eigenvalue weighted by molar-refractivity contribution is 0.0634. The number of hydrogen-bond acceptors (Lipinski definition) is 2. The van der Waals surface area contributed by atoms with E-state index < -0.39 is 0 Å². The summed E-state index contributed by atoms with van der Waals surface area (Å²) in [5, 5.41) is 7.25. The van der Waals surface area contributed by atoms with Crippen molar-refractivity contribution in [3.8, 4) is 0 Å². The van der Waals surface area contributed by atoms with Crippen LogP contribution in [0.15, 0.2) is 24.3 Å². The summed E-state index contributed by atoms with van der Waals surface area (Å²) in [6.45, 7) is 4.89. The molecule has 0 saturated carbocycles. The molecule has 0 aliphatic carbocycles. The van der Waals surface area contributed by atoms with Crippen LogP contribution in [0.1, 0.15) is 31.2 Å². The van der Waals surface area contributed by atoms with Crippen molar-refractivity contribution in [3.63, 3.8) is 0 Å². The predicted molar refractivity (Wildman–Crippen MR) is 88.2 cm³/mol. The minimum Gasteiger partial charge on any atom is -0.381 e. The monoisotopic (exact) mass is 292 g/mol. The lowest BCUT2D eigenvalue weighted by atomic mass is 9.95. The molecule has 0 atom stereocenters. The summed E-state index contributed by atoms with van der Waals surface area (Å²) in [7, 11) is 0. The fourth-order valence-electron chi connectivity index (χ4n) is 2.51. The molecular formula is C16H24N2OS. The third-order valence-corrected chi connectivity index (χ3v) is 4.06. The first-order valence-electron chi connectivity index (χ1n) is 7.44. The van der Waals surface area contributed by atoms with Crippen molar-refractivity contribution >= 4 is 23.0 Å². The zero-order chi connectivity index (χ0) is 14.2. The maximum absolute atomic E-state index is 5.38. The molecule has 0 bridgehead atoms. The van der Waals surface area contributed by atoms with Gasteiger partial charge < -0.3 is 15.4 Å². The second-order valence-electron chi connectivity index (χ2n) is 5.39. The Morgan fingerprint density at radius 2 is 2.05 bits per heavy atom. The van der Waals surface area contributed by atoms with Gasteiger partial charge in [0.15, 0.2) is 5.11 Å². The maximum atomic E-state index is 5.38. The summed E-state index contributed by atoms with van der Waals surface area (Å²) < 4.78 is 5.38. The molecule has 1 fully saturated rings. The Morgan fingerprint density at radius 1 is 1.30 bits per heavy atom. The van der Waals surface area contributed by atoms with E-state index in [2.05, 4.69) is 23.6 Å². The average Bonchev–Trinajstić information content (AvgIpc) is 2.47. The van der Waals surface area contributed by atoms with Crippen LogP contribution in [0.5, 0.6) is 0 Å². The number of aryl methyl sites for hydroxylation is 1. The largest absolute Gasteiger partial charge is 0.381 e. The van der Waals surface area contributed by atoms with Crippen LogP contribution < -0.4 is 10.6 Å². The maximum Gasteiger partial charge on any atom is 0.170 e. The first-order valence-corrected chi connectivity index (χ1v) is 7.85. The van der Waals surface area contributed by atoms with E-state index in [4.69, 9.17) is 17.0 Å². The van der Waals surface area contributed by atoms with Crippen LogP contribution in [0.4, 0.5) is 5.69 Å². The highest BCUT2D eigenvalue weighted by Gasteiger charge is 2.12. The van der Waals surface area contributed by atoms with Gasteiger partial charge >= 0.3 is 0 Å². The summed E-state index contributed by atoms with van der Waals surface area (Å²) in [5.41, 5.74) is 2.29. The number of para-hydroxylation sites is 1. The summed E-state index contributed by atoms with van der Waals surface area (Å²) in [6.07, 6.45) is 4.86. The molecule has 1 heterocycles. The van der Waals surface area contributed by atoms with Gasteiger partial charge in [0.2, 0.25) is 0 Å². The Morgan fingerprint density at radius 3 is 2.80 bits per heavy atom. The molecule has 1 aromatic rings. The van der Waals surface area contributed by atoms with E-state index in [1.165, 1.54) is 31.2 Å². The standard InChI is InChI=1S/C16H24N2OS/c1-13-5-2-3-7-15(13)18-16(20)17-10-4-6-14-8-11-19-12-9-14/h2-3,5,7,14H,4,6,8-12H2,1H3,(H2,17,18,20). The molecule has 0 aromatic heterocycles. The molecule has 0 amide bonds. The topological polar surface area (TPSA) is 33.3 Å². The normalized spacial score (nSPS) is 15.8. The van der Waals surface area contributed by atoms with Crippen LogP contribution in [0.25, 0.3) is 0 Å². The molecule has 2 N–H and O–H groups in total. The average molecular weight is 292 g/mol. The van der Waals surface area contributed by atoms with Crippen LogP contribution in [0.3, 0.4) is 0 Å². The van der Waals surface area contributed by atoms with Crippen LogP contribution in [-0.2, 0) is 4.74 Å². The SMILES string of the molecule is Cc1ccccc1NC(=S)NCCCC1CCOCC1. The molecule has 1 saturated heterocycles. The van der Waals surface area contributed by atoms with Gasteiger partial charge in [-0.3, -0.25) is 0 Å². The minimum atomic E-state index is 0.714. The minimum absolute atomic E-state index is 0.714. The van der Waals surface area contributed by atoms with Crippen molar-refractivity contribution in [1.82, 2.24) is 5.32 Å². The summed E-state index contributed by atoms with van der Waals surface area (Å²) in [6, 6.07) is 8.18. The number of ether oxygens (including phenoxy) is 1. The fraction of sp³-hybridized carbons (Fsp3) is 0.562. The van der Waals surface area contributed by atoms with Crippen LogP contribution in [-0.4, -0.2) is 24.9 Å². The quantitative estimate of drug-likeness (QED) is 0.643. The van der Waals surface area contributed by atoms with E-state index in [9.17, 15) is 0 Å². The van der Waals surface area contributed by atoms with Crippen molar-refractivity contribution in [2.75, 3.05) is 25.1 Å². The van der Waals surface area contributed by atoms with Crippen molar-refractivity contribution in [2.24, 2.45) is 5.92 Å². The van der Waals surface area contributed by atoms with Gasteiger partial charge in [0, 0.05) is 25.4 Å². The van der Waals surface area contributed by atoms with E-state index in [0.717, 1.165) is 31.4 Å². The van der Waals surface area contributed by atoms with Crippen LogP contribution in [0, 0.1) is 12.8 Å². The van der Waals surface area contributed by atoms with E-state index in [-0.39, 0.29) is 0 Å². The molecule has 1 aromatic carbocycles. The van der Waals surface area contributed by atoms with Crippen molar-refractivity contribution in [3.05, 3.63) is 29.8 Å². The first kappa shape index (κ1) is 15.3. The number of nitrogens with one attached hydrogen (secondary N) is 2. The Kier molecular flexibility index (Phi) is 6.27. The van der Waals surface area contributed by atoms with Gasteiger partial charge in [-0.05, 0) is 62.4 Å². The molecule has 20 heavy (non-hydrogen) atoms. The van der Waals surface area contributed by atoms with E-state index >= 15 is 0 Å². The molecule has 2 rings (SSSR count). The Labute approximate surface area is 127 Å². The molecule has 0 spiro atoms. The van der Waals surface area contributed by atoms with Gasteiger partial charge in [0.25, 0.3) is 0 Å². The molecule has 0 radical (unpaired) electrons. The summed E-state index contributed by atoms with van der Waals surface area (Å²) in [5.74, 6) is 0.837. The van der Waals surface area contributed by atoms with Gasteiger partial charge in [0.1, 0.15) is 0 Å². The van der Waals surface area contributed by atoms with Crippen LogP contribution >= 0.6 is 12.2 Å². The lowest BCUT2D eigenvalue weighted by Crippen LogP contribution is -2.30. The van der Waals surface area contributed by atoms with Gasteiger partial charge in [-0.2, -0.15) is 0 Å². The van der Waals surface area contributed by atoms with Crippen molar-refractivity contribution < 1.29 is 4.74 Å². The predicted octanol–water partition coefficient (Wildman–Crippen LogP) is 3.49. The highest BCUT2D eigenvalue weighted by Crippen LogP contribution is 2.19. The van der Waals surface area contributed by atoms with E-state index in [1.54, 1.807) is 0 Å². The molecule has 3 nitrogen and oxygen atoms in total. The third kappa shape index (κ3) is 5.10. The Hall–Kier alpha value is -1.13. The van der Waals surface area contributed by atoms with E-state index in [1.807, 2.05) is 18.2 Å². The number of thiocarbonyl (C=S) groups is 1. The summed E-state index contributed by atoms with van der Waals surface area (Å²) >= 11 is 5.32. The Balaban J connectivity index is 1.61. The molecule has 110 valence electrons. The van der Waals surface area contributed by atoms with Gasteiger partial charge in [-0.15, -0.1) is 0 Å². The Bertz CT molecular complexity index is 430. The molecular weight excluding hydrogens is 268 g/mol. The second kappa shape index (κ2) is 8.22. The molecule has 4 heteroatoms. The number of hydrogen-bond donors (Lipinski definition) is 2. The zero-order valence-electron chi connectivity index (χ0n) is 12.2. The number of rotatable bonds is 5. The van der Waals surface area contributed by atoms with Crippen molar-refractivity contribution in [1.29, 1.82) is 0 Å². The number of benzene rings is 1. The van der Waals surface area contributed by atoms with Gasteiger partial charge in [0.05, 0.1) is 0 Å². The number of anilines is 1. The smallest absolute Gasteiger partial charge is 0.170 e. The summed E-state index contributed by atoms with van der Waals surface area (Å²) in [4.78, 5) is 0. The molecule has 1 aliphatic heterocycles. The van der Waals surface area contributed by atoms with Gasteiger partial charge in [-0.1, -0.05) is 18.2 Å². The molecule has 0 unspecified atom stereocenters. The third-order valence-electron chi connectivity index (χ3n) is 3.81. The second-order valence-corrected chi connectivity index (χ2v) is 5.80. The first-order chi connectivity index (χ1) is 9.75. The highest BCUT2D eigenvalue weighted by atomic mass is 32.1. The molecule has 1 aliphatic rings. The highest BCUT2D eigenvalue weighted by molar-refractivity contribution is 7.80. The van der Waals surface area contributed by atoms with Gasteiger partial charge in [-0.25, -0.2) is 0 Å². The zero-order valence-corrected chi connectivity index (χ0v) is 13.0. The lowest BCUT2D eigenvalue weighted by Gasteiger charge is -2.22.